The molecule has 2 aliphatic rings. The van der Waals surface area contributed by atoms with Gasteiger partial charge in [-0.1, -0.05) is 37.2 Å². The molecule has 2 heterocycles. The highest BCUT2D eigenvalue weighted by atomic mass is 35.5. The van der Waals surface area contributed by atoms with Crippen LogP contribution in [0.2, 0.25) is 5.02 Å². The van der Waals surface area contributed by atoms with E-state index in [1.54, 1.807) is 6.07 Å². The van der Waals surface area contributed by atoms with Gasteiger partial charge in [0.05, 0.1) is 12.3 Å². The first-order valence-corrected chi connectivity index (χ1v) is 14.3. The van der Waals surface area contributed by atoms with Crippen LogP contribution < -0.4 is 15.1 Å². The van der Waals surface area contributed by atoms with Crippen LogP contribution in [0.25, 0.3) is 0 Å². The molecule has 46 heavy (non-hydrogen) atoms. The zero-order valence-electron chi connectivity index (χ0n) is 23.4. The average molecular weight is 661 g/mol. The lowest BCUT2D eigenvalue weighted by Gasteiger charge is -2.39. The Labute approximate surface area is 266 Å². The largest absolute Gasteiger partial charge is 0.449 e. The van der Waals surface area contributed by atoms with Crippen molar-refractivity contribution in [2.24, 2.45) is 0 Å². The van der Waals surface area contributed by atoms with Crippen LogP contribution in [-0.2, 0) is 14.3 Å². The van der Waals surface area contributed by atoms with Crippen LogP contribution in [0.15, 0.2) is 54.7 Å². The van der Waals surface area contributed by atoms with Crippen molar-refractivity contribution in [1.82, 2.24) is 15.3 Å². The van der Waals surface area contributed by atoms with Gasteiger partial charge >= 0.3 is 6.09 Å². The Balaban J connectivity index is 0.00000480. The topological polar surface area (TPSA) is 129 Å². The molecule has 3 amide bonds. The number of carbonyl (C=O) groups is 3. The van der Waals surface area contributed by atoms with Crippen molar-refractivity contribution < 1.29 is 36.7 Å². The molecule has 1 aromatic heterocycles. The lowest BCUT2D eigenvalue weighted by Crippen LogP contribution is -2.58. The number of cyclic esters (lactones) is 1. The first kappa shape index (κ1) is 34.1. The molecule has 1 saturated carbocycles. The molecular weight excluding hydrogens is 632 g/mol. The van der Waals surface area contributed by atoms with Crippen LogP contribution in [-0.4, -0.2) is 52.5 Å². The molecule has 15 heteroatoms. The maximum absolute atomic E-state index is 14.7. The van der Waals surface area contributed by atoms with Crippen molar-refractivity contribution in [2.45, 2.75) is 63.6 Å². The van der Waals surface area contributed by atoms with Gasteiger partial charge in [-0.15, -0.1) is 0 Å². The summed E-state index contributed by atoms with van der Waals surface area (Å²) in [6.07, 6.45) is -1.04. The molecule has 0 unspecified atom stereocenters. The number of anilines is 2. The zero-order valence-corrected chi connectivity index (χ0v) is 24.2. The zero-order chi connectivity index (χ0) is 32.3. The van der Waals surface area contributed by atoms with E-state index in [9.17, 15) is 37.2 Å². The second-order valence-corrected chi connectivity index (χ2v) is 10.9. The number of hydrogen-bond acceptors (Lipinski definition) is 7. The van der Waals surface area contributed by atoms with Gasteiger partial charge in [-0.25, -0.2) is 37.2 Å². The number of benzene rings is 2. The van der Waals surface area contributed by atoms with E-state index in [-0.39, 0.29) is 55.5 Å². The molecule has 0 bridgehead atoms. The normalized spacial score (nSPS) is 18.4. The van der Waals surface area contributed by atoms with E-state index >= 15 is 0 Å². The molecule has 2 atom stereocenters. The number of halogens is 5. The molecule has 1 aliphatic carbocycles. The molecule has 1 saturated heterocycles. The fourth-order valence-corrected chi connectivity index (χ4v) is 5.61. The Kier molecular flexibility index (Phi) is 10.5. The molecule has 0 spiro atoms. The van der Waals surface area contributed by atoms with Gasteiger partial charge in [0.25, 0.3) is 5.91 Å². The van der Waals surface area contributed by atoms with Crippen LogP contribution in [0.5, 0.6) is 0 Å². The van der Waals surface area contributed by atoms with Crippen molar-refractivity contribution in [1.29, 1.82) is 5.26 Å². The smallest absolute Gasteiger partial charge is 0.417 e. The summed E-state index contributed by atoms with van der Waals surface area (Å²) >= 11 is 6.51. The first-order valence-electron chi connectivity index (χ1n) is 13.9. The summed E-state index contributed by atoms with van der Waals surface area (Å²) in [4.78, 5) is 51.3. The van der Waals surface area contributed by atoms with Gasteiger partial charge in [-0.05, 0) is 37.1 Å². The minimum absolute atomic E-state index is 0. The number of amides is 3. The van der Waals surface area contributed by atoms with E-state index in [4.69, 9.17) is 16.3 Å². The summed E-state index contributed by atoms with van der Waals surface area (Å²) in [5.41, 5.74) is -0.457. The molecule has 5 rings (SSSR count). The van der Waals surface area contributed by atoms with Gasteiger partial charge < -0.3 is 10.1 Å². The summed E-state index contributed by atoms with van der Waals surface area (Å²) in [5, 5.41) is 12.0. The summed E-state index contributed by atoms with van der Waals surface area (Å²) in [6.45, 7) is -0.242. The van der Waals surface area contributed by atoms with E-state index in [2.05, 4.69) is 15.3 Å². The van der Waals surface area contributed by atoms with Gasteiger partial charge in [0.2, 0.25) is 17.8 Å². The monoisotopic (exact) mass is 660 g/mol. The number of ether oxygens (including phenoxy) is 1. The Hall–Kier alpha value is -4.77. The SMILES string of the molecule is C.N#Cc1ccnc(N2C(=O)OCC[C@H]2C(=O)N(c2cc(F)cc(F)c2)[C@H](C(=O)NC2CCC(F)(F)CC2)c2ccccc2Cl)n1. The molecule has 2 aromatic carbocycles. The molecule has 2 fully saturated rings. The lowest BCUT2D eigenvalue weighted by molar-refractivity contribution is -0.128. The minimum Gasteiger partial charge on any atom is -0.449 e. The van der Waals surface area contributed by atoms with Crippen LogP contribution in [0, 0.1) is 23.0 Å². The number of nitrogens with zero attached hydrogens (tertiary/aromatic N) is 5. The van der Waals surface area contributed by atoms with Crippen LogP contribution >= 0.6 is 11.6 Å². The van der Waals surface area contributed by atoms with E-state index in [1.165, 1.54) is 30.5 Å². The molecule has 1 N–H and O–H groups in total. The predicted octanol–water partition coefficient (Wildman–Crippen LogP) is 6.10. The third-order valence-electron chi connectivity index (χ3n) is 7.52. The van der Waals surface area contributed by atoms with E-state index in [0.717, 1.165) is 21.9 Å². The third-order valence-corrected chi connectivity index (χ3v) is 7.86. The highest BCUT2D eigenvalue weighted by Crippen LogP contribution is 2.37. The molecule has 242 valence electrons. The van der Waals surface area contributed by atoms with Crippen LogP contribution in [0.3, 0.4) is 0 Å². The number of nitrogens with one attached hydrogen (secondary N) is 1. The van der Waals surface area contributed by atoms with Gasteiger partial charge in [-0.2, -0.15) is 5.26 Å². The predicted molar refractivity (Wildman–Crippen MR) is 159 cm³/mol. The fraction of sp³-hybridized carbons (Fsp3) is 0.355. The number of carbonyl (C=O) groups excluding carboxylic acids is 3. The fourth-order valence-electron chi connectivity index (χ4n) is 5.37. The van der Waals surface area contributed by atoms with Crippen LogP contribution in [0.4, 0.5) is 34.0 Å². The van der Waals surface area contributed by atoms with Gasteiger partial charge in [0.15, 0.2) is 0 Å². The van der Waals surface area contributed by atoms with Gasteiger partial charge in [0.1, 0.15) is 35.5 Å². The summed E-state index contributed by atoms with van der Waals surface area (Å²) < 4.78 is 62.2. The maximum Gasteiger partial charge on any atom is 0.417 e. The molecular formula is C31H29ClF4N6O4. The minimum atomic E-state index is -2.88. The van der Waals surface area contributed by atoms with Crippen molar-refractivity contribution in [3.63, 3.8) is 0 Å². The second-order valence-electron chi connectivity index (χ2n) is 10.5. The van der Waals surface area contributed by atoms with Crippen molar-refractivity contribution in [2.75, 3.05) is 16.4 Å². The maximum atomic E-state index is 14.7. The molecule has 3 aromatic rings. The average Bonchev–Trinajstić information content (AvgIpc) is 3.00. The Morgan fingerprint density at radius 2 is 1.78 bits per heavy atom. The number of hydrogen-bond donors (Lipinski definition) is 1. The van der Waals surface area contributed by atoms with Crippen molar-refractivity contribution in [3.8, 4) is 6.07 Å². The van der Waals surface area contributed by atoms with E-state index in [1.807, 2.05) is 6.07 Å². The lowest BCUT2D eigenvalue weighted by atomic mass is 9.91. The van der Waals surface area contributed by atoms with Gasteiger partial charge in [-0.3, -0.25) is 14.5 Å². The van der Waals surface area contributed by atoms with Gasteiger partial charge in [0, 0.05) is 48.2 Å². The third kappa shape index (κ3) is 7.37. The molecule has 0 radical (unpaired) electrons. The molecule has 1 aliphatic heterocycles. The number of alkyl halides is 2. The standard InChI is InChI=1S/C30H25ClF4N6O4.CH4/c31-23-4-2-1-3-22(23)25(26(42)38-19-5-9-30(34,35)10-6-19)40(21-14-17(32)13-18(33)15-21)27(43)24-8-12-45-29(44)41(24)28-37-11-7-20(16-36)39-28;/h1-4,7,11,13-15,19,24-25H,5-6,8-10,12H2,(H,38,42);1H4/t24-,25-;/m0./s1. The second kappa shape index (κ2) is 14.1. The summed E-state index contributed by atoms with van der Waals surface area (Å²) in [7, 11) is 0. The quantitative estimate of drug-likeness (QED) is 0.303. The Morgan fingerprint density at radius 3 is 2.43 bits per heavy atom. The Morgan fingerprint density at radius 1 is 1.11 bits per heavy atom. The number of aromatic nitrogens is 2. The Bertz CT molecular complexity index is 1640. The summed E-state index contributed by atoms with van der Waals surface area (Å²) in [5.74, 6) is -7.22. The number of rotatable bonds is 7. The molecule has 10 nitrogen and oxygen atoms in total. The van der Waals surface area contributed by atoms with Crippen LogP contribution in [0.1, 0.15) is 56.8 Å². The van der Waals surface area contributed by atoms with E-state index in [0.29, 0.717) is 6.07 Å². The first-order chi connectivity index (χ1) is 21.5. The summed E-state index contributed by atoms with van der Waals surface area (Å²) in [6, 6.07) is 7.45. The van der Waals surface area contributed by atoms with E-state index < -0.39 is 72.1 Å². The number of nitriles is 1. The highest BCUT2D eigenvalue weighted by Gasteiger charge is 2.45. The van der Waals surface area contributed by atoms with Crippen molar-refractivity contribution >= 4 is 41.1 Å². The highest BCUT2D eigenvalue weighted by molar-refractivity contribution is 6.31. The van der Waals surface area contributed by atoms with Crippen molar-refractivity contribution in [3.05, 3.63) is 82.6 Å².